The topological polar surface area (TPSA) is 45.7 Å². The first-order valence-corrected chi connectivity index (χ1v) is 8.29. The van der Waals surface area contributed by atoms with Crippen LogP contribution in [0.2, 0.25) is 5.02 Å². The average Bonchev–Trinajstić information content (AvgIpc) is 2.64. The van der Waals surface area contributed by atoms with Crippen molar-refractivity contribution in [1.29, 1.82) is 0 Å². The highest BCUT2D eigenvalue weighted by Gasteiger charge is 2.18. The number of carbonyl (C=O) groups is 1. The molecule has 1 fully saturated rings. The van der Waals surface area contributed by atoms with Gasteiger partial charge in [0, 0.05) is 55.8 Å². The standard InChI is InChI=1S/C18H20ClN3O2/c1-24-18(23)14-2-3-15(17(19)12-14)13-21-8-10-22(11-9-21)16-4-6-20-7-5-16/h2-7,12H,8-11,13H2,1H3. The van der Waals surface area contributed by atoms with E-state index in [4.69, 9.17) is 16.3 Å². The number of hydrogen-bond acceptors (Lipinski definition) is 5. The Morgan fingerprint density at radius 3 is 2.50 bits per heavy atom. The van der Waals surface area contributed by atoms with E-state index in [2.05, 4.69) is 14.8 Å². The van der Waals surface area contributed by atoms with Gasteiger partial charge >= 0.3 is 5.97 Å². The molecule has 5 nitrogen and oxygen atoms in total. The lowest BCUT2D eigenvalue weighted by Crippen LogP contribution is -2.46. The summed E-state index contributed by atoms with van der Waals surface area (Å²) in [5, 5.41) is 0.606. The molecule has 0 aliphatic carbocycles. The van der Waals surface area contributed by atoms with Crippen molar-refractivity contribution in [2.75, 3.05) is 38.2 Å². The molecule has 0 unspecified atom stereocenters. The van der Waals surface area contributed by atoms with Crippen LogP contribution in [0.25, 0.3) is 0 Å². The Morgan fingerprint density at radius 1 is 1.17 bits per heavy atom. The average molecular weight is 346 g/mol. The molecule has 1 aliphatic heterocycles. The van der Waals surface area contributed by atoms with Crippen molar-refractivity contribution in [3.63, 3.8) is 0 Å². The molecule has 0 amide bonds. The highest BCUT2D eigenvalue weighted by molar-refractivity contribution is 6.31. The molecule has 6 heteroatoms. The highest BCUT2D eigenvalue weighted by atomic mass is 35.5. The fraction of sp³-hybridized carbons (Fsp3) is 0.333. The minimum absolute atomic E-state index is 0.366. The Balaban J connectivity index is 1.59. The smallest absolute Gasteiger partial charge is 0.337 e. The molecule has 1 saturated heterocycles. The van der Waals surface area contributed by atoms with Crippen molar-refractivity contribution in [2.24, 2.45) is 0 Å². The summed E-state index contributed by atoms with van der Waals surface area (Å²) in [5.74, 6) is -0.366. The molecule has 3 rings (SSSR count). The van der Waals surface area contributed by atoms with E-state index >= 15 is 0 Å². The van der Waals surface area contributed by atoms with Crippen molar-refractivity contribution in [3.05, 3.63) is 58.9 Å². The van der Waals surface area contributed by atoms with Crippen LogP contribution in [-0.2, 0) is 11.3 Å². The first-order chi connectivity index (χ1) is 11.7. The molecule has 126 valence electrons. The normalized spacial score (nSPS) is 15.3. The minimum atomic E-state index is -0.366. The summed E-state index contributed by atoms with van der Waals surface area (Å²) in [6.07, 6.45) is 3.65. The molecule has 0 bridgehead atoms. The molecule has 2 aromatic rings. The molecule has 0 N–H and O–H groups in total. The van der Waals surface area contributed by atoms with Crippen LogP contribution in [-0.4, -0.2) is 49.1 Å². The molecule has 24 heavy (non-hydrogen) atoms. The number of aromatic nitrogens is 1. The van der Waals surface area contributed by atoms with Crippen LogP contribution in [0.4, 0.5) is 5.69 Å². The molecule has 0 radical (unpaired) electrons. The van der Waals surface area contributed by atoms with Crippen LogP contribution in [0.5, 0.6) is 0 Å². The number of hydrogen-bond donors (Lipinski definition) is 0. The van der Waals surface area contributed by atoms with Gasteiger partial charge in [0.2, 0.25) is 0 Å². The second kappa shape index (κ2) is 7.64. The maximum absolute atomic E-state index is 11.5. The first kappa shape index (κ1) is 16.7. The first-order valence-electron chi connectivity index (χ1n) is 7.91. The van der Waals surface area contributed by atoms with E-state index in [1.54, 1.807) is 12.1 Å². The number of esters is 1. The summed E-state index contributed by atoms with van der Waals surface area (Å²) in [7, 11) is 1.37. The fourth-order valence-corrected chi connectivity index (χ4v) is 3.12. The summed E-state index contributed by atoms with van der Waals surface area (Å²) in [6, 6.07) is 9.43. The number of ether oxygens (including phenoxy) is 1. The van der Waals surface area contributed by atoms with E-state index in [0.29, 0.717) is 10.6 Å². The van der Waals surface area contributed by atoms with Crippen molar-refractivity contribution < 1.29 is 9.53 Å². The number of nitrogens with zero attached hydrogens (tertiary/aromatic N) is 3. The summed E-state index contributed by atoms with van der Waals surface area (Å²) < 4.78 is 4.72. The number of rotatable bonds is 4. The van der Waals surface area contributed by atoms with Gasteiger partial charge in [0.1, 0.15) is 0 Å². The van der Waals surface area contributed by atoms with E-state index in [-0.39, 0.29) is 5.97 Å². The molecule has 1 aromatic carbocycles. The van der Waals surface area contributed by atoms with Gasteiger partial charge in [-0.1, -0.05) is 17.7 Å². The molecular formula is C18H20ClN3O2. The van der Waals surface area contributed by atoms with Crippen molar-refractivity contribution in [3.8, 4) is 0 Å². The van der Waals surface area contributed by atoms with Gasteiger partial charge in [-0.05, 0) is 29.8 Å². The lowest BCUT2D eigenvalue weighted by Gasteiger charge is -2.36. The Labute approximate surface area is 146 Å². The maximum Gasteiger partial charge on any atom is 0.337 e. The Hall–Kier alpha value is -2.11. The lowest BCUT2D eigenvalue weighted by molar-refractivity contribution is 0.0600. The van der Waals surface area contributed by atoms with Gasteiger partial charge in [-0.3, -0.25) is 9.88 Å². The Kier molecular flexibility index (Phi) is 5.33. The molecule has 0 atom stereocenters. The lowest BCUT2D eigenvalue weighted by atomic mass is 10.1. The van der Waals surface area contributed by atoms with Crippen molar-refractivity contribution >= 4 is 23.3 Å². The van der Waals surface area contributed by atoms with E-state index in [1.165, 1.54) is 12.8 Å². The molecule has 0 spiro atoms. The largest absolute Gasteiger partial charge is 0.465 e. The summed E-state index contributed by atoms with van der Waals surface area (Å²) >= 11 is 6.32. The number of anilines is 1. The Bertz CT molecular complexity index is 701. The van der Waals surface area contributed by atoms with Crippen LogP contribution >= 0.6 is 11.6 Å². The fourth-order valence-electron chi connectivity index (χ4n) is 2.88. The SMILES string of the molecule is COC(=O)c1ccc(CN2CCN(c3ccncc3)CC2)c(Cl)c1. The van der Waals surface area contributed by atoms with Crippen LogP contribution in [0.15, 0.2) is 42.7 Å². The zero-order valence-electron chi connectivity index (χ0n) is 13.6. The van der Waals surface area contributed by atoms with Crippen molar-refractivity contribution in [1.82, 2.24) is 9.88 Å². The summed E-state index contributed by atoms with van der Waals surface area (Å²) in [5.41, 5.74) is 2.72. The van der Waals surface area contributed by atoms with Gasteiger partial charge in [0.05, 0.1) is 12.7 Å². The van der Waals surface area contributed by atoms with Crippen LogP contribution in [0.1, 0.15) is 15.9 Å². The van der Waals surface area contributed by atoms with Crippen molar-refractivity contribution in [2.45, 2.75) is 6.54 Å². The predicted molar refractivity (Wildman–Crippen MR) is 94.5 cm³/mol. The number of benzene rings is 1. The third-order valence-electron chi connectivity index (χ3n) is 4.27. The van der Waals surface area contributed by atoms with E-state index < -0.39 is 0 Å². The minimum Gasteiger partial charge on any atom is -0.465 e. The van der Waals surface area contributed by atoms with Crippen LogP contribution < -0.4 is 4.90 Å². The molecule has 2 heterocycles. The van der Waals surface area contributed by atoms with Gasteiger partial charge in [0.15, 0.2) is 0 Å². The van der Waals surface area contributed by atoms with Gasteiger partial charge in [0.25, 0.3) is 0 Å². The summed E-state index contributed by atoms with van der Waals surface area (Å²) in [4.78, 5) is 20.3. The molecular weight excluding hydrogens is 326 g/mol. The van der Waals surface area contributed by atoms with Crippen LogP contribution in [0, 0.1) is 0 Å². The zero-order chi connectivity index (χ0) is 16.9. The zero-order valence-corrected chi connectivity index (χ0v) is 14.4. The second-order valence-corrected chi connectivity index (χ2v) is 6.17. The van der Waals surface area contributed by atoms with Gasteiger partial charge in [-0.15, -0.1) is 0 Å². The Morgan fingerprint density at radius 2 is 1.88 bits per heavy atom. The monoisotopic (exact) mass is 345 g/mol. The highest BCUT2D eigenvalue weighted by Crippen LogP contribution is 2.22. The third-order valence-corrected chi connectivity index (χ3v) is 4.62. The number of methoxy groups -OCH3 is 1. The molecule has 0 saturated carbocycles. The van der Waals surface area contributed by atoms with Crippen LogP contribution in [0.3, 0.4) is 0 Å². The van der Waals surface area contributed by atoms with Gasteiger partial charge in [-0.25, -0.2) is 4.79 Å². The maximum atomic E-state index is 11.5. The third kappa shape index (κ3) is 3.86. The quantitative estimate of drug-likeness (QED) is 0.797. The number of piperazine rings is 1. The van der Waals surface area contributed by atoms with Gasteiger partial charge < -0.3 is 9.64 Å². The molecule has 1 aliphatic rings. The van der Waals surface area contributed by atoms with E-state index in [0.717, 1.165) is 38.3 Å². The van der Waals surface area contributed by atoms with E-state index in [9.17, 15) is 4.79 Å². The number of pyridine rings is 1. The number of carbonyl (C=O) groups excluding carboxylic acids is 1. The predicted octanol–water partition coefficient (Wildman–Crippen LogP) is 2.84. The second-order valence-electron chi connectivity index (χ2n) is 5.77. The number of halogens is 1. The van der Waals surface area contributed by atoms with Gasteiger partial charge in [-0.2, -0.15) is 0 Å². The molecule has 1 aromatic heterocycles. The summed E-state index contributed by atoms with van der Waals surface area (Å²) in [6.45, 7) is 4.67. The van der Waals surface area contributed by atoms with E-state index in [1.807, 2.05) is 30.6 Å².